The maximum atomic E-state index is 11.5. The van der Waals surface area contributed by atoms with Crippen LogP contribution in [0.3, 0.4) is 0 Å². The van der Waals surface area contributed by atoms with Crippen molar-refractivity contribution in [2.24, 2.45) is 5.73 Å². The summed E-state index contributed by atoms with van der Waals surface area (Å²) in [4.78, 5) is 13.0. The molecule has 0 aromatic heterocycles. The summed E-state index contributed by atoms with van der Waals surface area (Å²) in [5, 5.41) is 20.5. The molecule has 0 spiro atoms. The molecule has 0 radical (unpaired) electrons. The largest absolute Gasteiger partial charge is 0.344 e. The van der Waals surface area contributed by atoms with Crippen LogP contribution in [0, 0.1) is 22.7 Å². The number of hydrogen-bond donors (Lipinski definition) is 2. The van der Waals surface area contributed by atoms with Gasteiger partial charge in [0.05, 0.1) is 22.8 Å². The summed E-state index contributed by atoms with van der Waals surface area (Å²) in [7, 11) is 0. The highest BCUT2D eigenvalue weighted by Gasteiger charge is 2.29. The summed E-state index contributed by atoms with van der Waals surface area (Å²) in [6, 6.07) is 6.43. The Bertz CT molecular complexity index is 600. The highest BCUT2D eigenvalue weighted by Crippen LogP contribution is 2.37. The Morgan fingerprint density at radius 3 is 2.58 bits per heavy atom. The molecule has 2 rings (SSSR count). The maximum absolute atomic E-state index is 11.5. The summed E-state index contributed by atoms with van der Waals surface area (Å²) in [5.41, 5.74) is 7.42. The zero-order chi connectivity index (χ0) is 14.0. The highest BCUT2D eigenvalue weighted by molar-refractivity contribution is 6.33. The number of halogens is 1. The van der Waals surface area contributed by atoms with Crippen molar-refractivity contribution in [1.82, 2.24) is 0 Å². The van der Waals surface area contributed by atoms with Gasteiger partial charge in [0.15, 0.2) is 0 Å². The Labute approximate surface area is 115 Å². The molecule has 0 saturated carbocycles. The first kappa shape index (κ1) is 13.2. The van der Waals surface area contributed by atoms with Crippen LogP contribution in [0.15, 0.2) is 12.1 Å². The Hall–Kier alpha value is -2.28. The number of fused-ring (bicyclic) bond motifs is 1. The summed E-state index contributed by atoms with van der Waals surface area (Å²) in [5.74, 6) is -0.296. The van der Waals surface area contributed by atoms with E-state index in [9.17, 15) is 4.79 Å². The minimum atomic E-state index is -0.734. The quantitative estimate of drug-likeness (QED) is 0.805. The molecule has 6 nitrogen and oxygen atoms in total. The molecular weight excluding hydrogens is 266 g/mol. The second kappa shape index (κ2) is 5.15. The van der Waals surface area contributed by atoms with Crippen LogP contribution in [-0.4, -0.2) is 19.0 Å². The van der Waals surface area contributed by atoms with Gasteiger partial charge in [0.25, 0.3) is 0 Å². The van der Waals surface area contributed by atoms with Crippen LogP contribution in [0.1, 0.15) is 11.6 Å². The Morgan fingerprint density at radius 1 is 1.37 bits per heavy atom. The lowest BCUT2D eigenvalue weighted by Crippen LogP contribution is -2.24. The number of amides is 1. The lowest BCUT2D eigenvalue weighted by atomic mass is 10.1. The first-order valence-corrected chi connectivity index (χ1v) is 5.85. The number of benzene rings is 1. The topological polar surface area (TPSA) is 106 Å². The van der Waals surface area contributed by atoms with E-state index in [2.05, 4.69) is 5.32 Å². The van der Waals surface area contributed by atoms with Crippen molar-refractivity contribution in [1.29, 1.82) is 10.5 Å². The molecule has 1 amide bonds. The van der Waals surface area contributed by atoms with Crippen LogP contribution in [0.5, 0.6) is 0 Å². The van der Waals surface area contributed by atoms with E-state index in [0.29, 0.717) is 22.0 Å². The zero-order valence-electron chi connectivity index (χ0n) is 9.85. The highest BCUT2D eigenvalue weighted by atomic mass is 35.5. The number of anilines is 2. The van der Waals surface area contributed by atoms with Crippen LogP contribution >= 0.6 is 11.6 Å². The molecule has 0 saturated heterocycles. The predicted octanol–water partition coefficient (Wildman–Crippen LogP) is 1.15. The van der Waals surface area contributed by atoms with Gasteiger partial charge < -0.3 is 16.0 Å². The number of nitriles is 2. The maximum Gasteiger partial charge on any atom is 0.245 e. The summed E-state index contributed by atoms with van der Waals surface area (Å²) < 4.78 is 0. The van der Waals surface area contributed by atoms with Gasteiger partial charge in [-0.3, -0.25) is 4.79 Å². The van der Waals surface area contributed by atoms with E-state index in [1.54, 1.807) is 12.1 Å². The van der Waals surface area contributed by atoms with Gasteiger partial charge in [-0.1, -0.05) is 11.6 Å². The first-order chi connectivity index (χ1) is 9.08. The number of hydrogen-bond acceptors (Lipinski definition) is 5. The Kier molecular flexibility index (Phi) is 3.57. The number of carbonyl (C=O) groups excluding carboxylic acids is 1. The van der Waals surface area contributed by atoms with Gasteiger partial charge in [-0.25, -0.2) is 0 Å². The van der Waals surface area contributed by atoms with Gasteiger partial charge in [0.1, 0.15) is 19.1 Å². The standard InChI is InChI=1S/C12H10ClN5O/c13-8-5-7-9(17-12(19)11(7)16)6-10(8)18(3-1-14)4-2-15/h5-6,11H,3-4,16H2,(H,17,19). The zero-order valence-corrected chi connectivity index (χ0v) is 10.6. The Balaban J connectivity index is 2.44. The monoisotopic (exact) mass is 275 g/mol. The molecule has 1 aromatic carbocycles. The van der Waals surface area contributed by atoms with Gasteiger partial charge in [0, 0.05) is 11.3 Å². The van der Waals surface area contributed by atoms with E-state index >= 15 is 0 Å². The fourth-order valence-electron chi connectivity index (χ4n) is 1.93. The van der Waals surface area contributed by atoms with E-state index in [-0.39, 0.29) is 19.0 Å². The molecule has 3 N–H and O–H groups in total. The number of nitrogens with two attached hydrogens (primary N) is 1. The minimum Gasteiger partial charge on any atom is -0.344 e. The number of nitrogens with zero attached hydrogens (tertiary/aromatic N) is 3. The van der Waals surface area contributed by atoms with Gasteiger partial charge in [-0.15, -0.1) is 0 Å². The molecule has 7 heteroatoms. The second-order valence-electron chi connectivity index (χ2n) is 4.03. The van der Waals surface area contributed by atoms with Crippen LogP contribution in [0.2, 0.25) is 5.02 Å². The van der Waals surface area contributed by atoms with Crippen LogP contribution < -0.4 is 16.0 Å². The normalized spacial score (nSPS) is 16.2. The molecule has 1 unspecified atom stereocenters. The van der Waals surface area contributed by atoms with Gasteiger partial charge in [-0.2, -0.15) is 10.5 Å². The van der Waals surface area contributed by atoms with E-state index in [4.69, 9.17) is 27.9 Å². The van der Waals surface area contributed by atoms with Gasteiger partial charge >= 0.3 is 0 Å². The van der Waals surface area contributed by atoms with Crippen molar-refractivity contribution in [2.45, 2.75) is 6.04 Å². The van der Waals surface area contributed by atoms with Crippen molar-refractivity contribution in [3.8, 4) is 12.1 Å². The van der Waals surface area contributed by atoms with E-state index in [1.165, 1.54) is 4.90 Å². The third-order valence-electron chi connectivity index (χ3n) is 2.86. The molecule has 0 aliphatic carbocycles. The molecule has 1 aliphatic heterocycles. The molecule has 19 heavy (non-hydrogen) atoms. The lowest BCUT2D eigenvalue weighted by molar-refractivity contribution is -0.116. The third kappa shape index (κ3) is 2.32. The van der Waals surface area contributed by atoms with E-state index in [0.717, 1.165) is 0 Å². The molecule has 1 aliphatic rings. The Morgan fingerprint density at radius 2 is 2.00 bits per heavy atom. The average molecular weight is 276 g/mol. The average Bonchev–Trinajstić information content (AvgIpc) is 2.64. The third-order valence-corrected chi connectivity index (χ3v) is 3.16. The SMILES string of the molecule is N#CCN(CC#N)c1cc2c(cc1Cl)C(N)C(=O)N2. The molecule has 1 aromatic rings. The molecule has 0 fully saturated rings. The first-order valence-electron chi connectivity index (χ1n) is 5.47. The molecule has 1 heterocycles. The fraction of sp³-hybridized carbons (Fsp3) is 0.250. The van der Waals surface area contributed by atoms with Crippen molar-refractivity contribution < 1.29 is 4.79 Å². The molecule has 96 valence electrons. The number of rotatable bonds is 3. The van der Waals surface area contributed by atoms with Crippen molar-refractivity contribution >= 4 is 28.9 Å². The van der Waals surface area contributed by atoms with Crippen molar-refractivity contribution in [3.05, 3.63) is 22.7 Å². The fourth-order valence-corrected chi connectivity index (χ4v) is 2.23. The van der Waals surface area contributed by atoms with Crippen LogP contribution in [0.25, 0.3) is 0 Å². The summed E-state index contributed by atoms with van der Waals surface area (Å²) in [6.07, 6.45) is 0. The predicted molar refractivity (Wildman–Crippen MR) is 70.4 cm³/mol. The number of nitrogens with one attached hydrogen (secondary N) is 1. The van der Waals surface area contributed by atoms with Gasteiger partial charge in [-0.05, 0) is 12.1 Å². The van der Waals surface area contributed by atoms with E-state index < -0.39 is 6.04 Å². The number of carbonyl (C=O) groups is 1. The molecular formula is C12H10ClN5O. The van der Waals surface area contributed by atoms with E-state index in [1.807, 2.05) is 12.1 Å². The van der Waals surface area contributed by atoms with Crippen LogP contribution in [-0.2, 0) is 4.79 Å². The summed E-state index contributed by atoms with van der Waals surface area (Å²) >= 11 is 6.13. The lowest BCUT2D eigenvalue weighted by Gasteiger charge is -2.20. The van der Waals surface area contributed by atoms with Gasteiger partial charge in [0.2, 0.25) is 5.91 Å². The molecule has 1 atom stereocenters. The van der Waals surface area contributed by atoms with Crippen molar-refractivity contribution in [2.75, 3.05) is 23.3 Å². The summed E-state index contributed by atoms with van der Waals surface area (Å²) in [6.45, 7) is 0.0676. The molecule has 0 bridgehead atoms. The van der Waals surface area contributed by atoms with Crippen LogP contribution in [0.4, 0.5) is 11.4 Å². The second-order valence-corrected chi connectivity index (χ2v) is 4.44. The minimum absolute atomic E-state index is 0.0338. The van der Waals surface area contributed by atoms with Crippen molar-refractivity contribution in [3.63, 3.8) is 0 Å². The smallest absolute Gasteiger partial charge is 0.245 e.